The molecule has 0 aromatic carbocycles. The van der Waals surface area contributed by atoms with E-state index in [-0.39, 0.29) is 5.69 Å². The van der Waals surface area contributed by atoms with Crippen molar-refractivity contribution >= 4 is 22.4 Å². The third-order valence-electron chi connectivity index (χ3n) is 1.23. The van der Waals surface area contributed by atoms with Crippen LogP contribution in [-0.2, 0) is 4.79 Å². The summed E-state index contributed by atoms with van der Waals surface area (Å²) in [5, 5.41) is 10.3. The van der Waals surface area contributed by atoms with Crippen LogP contribution in [-0.4, -0.2) is 16.1 Å². The number of nitrogens with zero attached hydrogens (tertiary/aromatic N) is 1. The van der Waals surface area contributed by atoms with Crippen molar-refractivity contribution in [2.75, 3.05) is 5.73 Å². The van der Waals surface area contributed by atoms with Crippen LogP contribution in [0, 0.1) is 0 Å². The van der Waals surface area contributed by atoms with E-state index in [0.29, 0.717) is 5.13 Å². The Morgan fingerprint density at radius 1 is 1.92 bits per heavy atom. The van der Waals surface area contributed by atoms with Crippen LogP contribution in [0.5, 0.6) is 0 Å². The molecule has 0 fully saturated rings. The summed E-state index contributed by atoms with van der Waals surface area (Å²) < 4.78 is 0. The Bertz CT molecular complexity index is 287. The van der Waals surface area contributed by atoms with Gasteiger partial charge in [-0.2, -0.15) is 5.48 Å². The van der Waals surface area contributed by atoms with E-state index in [9.17, 15) is 4.79 Å². The van der Waals surface area contributed by atoms with Gasteiger partial charge in [-0.3, -0.25) is 10.5 Å². The number of nitrogens with one attached hydrogen (secondary N) is 2. The van der Waals surface area contributed by atoms with Gasteiger partial charge < -0.3 is 10.9 Å². The molecule has 1 aromatic heterocycles. The minimum atomic E-state index is -1.10. The summed E-state index contributed by atoms with van der Waals surface area (Å²) in [5.74, 6) is -0.956. The van der Waals surface area contributed by atoms with Crippen molar-refractivity contribution < 1.29 is 10.0 Å². The predicted molar refractivity (Wildman–Crippen MR) is 42.3 cm³/mol. The van der Waals surface area contributed by atoms with Crippen LogP contribution in [0.4, 0.5) is 5.13 Å². The number of rotatable bonds is 3. The lowest BCUT2D eigenvalue weighted by molar-refractivity contribution is -0.123. The maximum atomic E-state index is 10.6. The molecule has 1 unspecified atom stereocenters. The summed E-state index contributed by atoms with van der Waals surface area (Å²) >= 11 is 1.15. The van der Waals surface area contributed by atoms with Crippen LogP contribution in [0.1, 0.15) is 11.7 Å². The van der Waals surface area contributed by atoms with Gasteiger partial charge in [0.25, 0.3) is 5.91 Å². The zero-order chi connectivity index (χ0) is 9.14. The Labute approximate surface area is 72.2 Å². The summed E-state index contributed by atoms with van der Waals surface area (Å²) in [6.45, 7) is 0. The van der Waals surface area contributed by atoms with Crippen molar-refractivity contribution in [3.05, 3.63) is 11.1 Å². The summed E-state index contributed by atoms with van der Waals surface area (Å²) in [7, 11) is 0. The van der Waals surface area contributed by atoms with E-state index in [4.69, 9.17) is 16.7 Å². The average molecular weight is 187 g/mol. The van der Waals surface area contributed by atoms with Crippen LogP contribution in [0.15, 0.2) is 5.38 Å². The molecule has 12 heavy (non-hydrogen) atoms. The Balaban J connectivity index is 2.87. The first kappa shape index (κ1) is 8.91. The molecule has 6 nitrogen and oxygen atoms in total. The van der Waals surface area contributed by atoms with Gasteiger partial charge in [0.2, 0.25) is 0 Å². The highest BCUT2D eigenvalue weighted by Crippen LogP contribution is 2.17. The number of anilines is 1. The van der Waals surface area contributed by atoms with Gasteiger partial charge in [-0.05, 0) is 0 Å². The summed E-state index contributed by atoms with van der Waals surface area (Å²) in [4.78, 5) is 14.3. The number of hydrogen-bond acceptors (Lipinski definition) is 6. The van der Waals surface area contributed by atoms with E-state index >= 15 is 0 Å². The average Bonchev–Trinajstić information content (AvgIpc) is 2.37. The van der Waals surface area contributed by atoms with Crippen molar-refractivity contribution in [2.45, 2.75) is 6.04 Å². The molecule has 5 N–H and O–H groups in total. The third kappa shape index (κ3) is 1.70. The van der Waals surface area contributed by atoms with Crippen LogP contribution >= 0.6 is 11.3 Å². The zero-order valence-corrected chi connectivity index (χ0v) is 6.76. The monoisotopic (exact) mass is 187 g/mol. The van der Waals surface area contributed by atoms with E-state index in [1.165, 1.54) is 5.38 Å². The number of carbonyl (C=O) groups is 1. The van der Waals surface area contributed by atoms with Gasteiger partial charge in [0.15, 0.2) is 11.2 Å². The SMILES string of the molecule is [NH]C(=O)C(NO)c1csc(N)n1. The molecule has 0 bridgehead atoms. The van der Waals surface area contributed by atoms with Gasteiger partial charge in [-0.15, -0.1) is 11.3 Å². The molecule has 0 aliphatic carbocycles. The van der Waals surface area contributed by atoms with Gasteiger partial charge >= 0.3 is 0 Å². The molecule has 7 heteroatoms. The highest BCUT2D eigenvalue weighted by Gasteiger charge is 2.19. The number of nitrogen functional groups attached to an aromatic ring is 1. The maximum absolute atomic E-state index is 10.6. The summed E-state index contributed by atoms with van der Waals surface area (Å²) in [6, 6.07) is -1.10. The first-order chi connectivity index (χ1) is 5.65. The standard InChI is InChI=1S/C5H7N4O2S/c6-4(10)3(9-11)2-1-12-5(7)8-2/h1,3,6,9,11H,(H2,7,8). The number of amides is 1. The molecule has 0 saturated carbocycles. The van der Waals surface area contributed by atoms with Gasteiger partial charge in [-0.1, -0.05) is 0 Å². The summed E-state index contributed by atoms with van der Waals surface area (Å²) in [5.41, 5.74) is 14.0. The molecule has 0 saturated heterocycles. The predicted octanol–water partition coefficient (Wildman–Crippen LogP) is -0.445. The first-order valence-electron chi connectivity index (χ1n) is 3.01. The zero-order valence-electron chi connectivity index (χ0n) is 5.94. The smallest absolute Gasteiger partial charge is 0.264 e. The molecule has 65 valence electrons. The van der Waals surface area contributed by atoms with Crippen LogP contribution in [0.25, 0.3) is 0 Å². The Hall–Kier alpha value is -1.18. The fourth-order valence-corrected chi connectivity index (χ4v) is 1.28. The summed E-state index contributed by atoms with van der Waals surface area (Å²) in [6.07, 6.45) is 0. The van der Waals surface area contributed by atoms with E-state index in [2.05, 4.69) is 4.98 Å². The third-order valence-corrected chi connectivity index (χ3v) is 1.92. The lowest BCUT2D eigenvalue weighted by atomic mass is 10.2. The van der Waals surface area contributed by atoms with Crippen LogP contribution < -0.4 is 16.9 Å². The molecular formula is C5H7N4O2S. The molecule has 0 aliphatic rings. The lowest BCUT2D eigenvalue weighted by Crippen LogP contribution is -2.26. The quantitative estimate of drug-likeness (QED) is 0.555. The molecule has 1 amide bonds. The number of aromatic nitrogens is 1. The number of carbonyl (C=O) groups excluding carboxylic acids is 1. The largest absolute Gasteiger partial charge is 0.375 e. The topological polar surface area (TPSA) is 112 Å². The van der Waals surface area contributed by atoms with Crippen LogP contribution in [0.3, 0.4) is 0 Å². The highest BCUT2D eigenvalue weighted by atomic mass is 32.1. The van der Waals surface area contributed by atoms with E-state index in [1.807, 2.05) is 0 Å². The fraction of sp³-hybridized carbons (Fsp3) is 0.200. The molecule has 1 atom stereocenters. The second kappa shape index (κ2) is 3.48. The van der Waals surface area contributed by atoms with Crippen molar-refractivity contribution in [1.82, 2.24) is 16.2 Å². The Kier molecular flexibility index (Phi) is 2.58. The van der Waals surface area contributed by atoms with Crippen molar-refractivity contribution in [3.63, 3.8) is 0 Å². The number of hydrogen-bond donors (Lipinski definition) is 3. The van der Waals surface area contributed by atoms with Crippen molar-refractivity contribution in [2.24, 2.45) is 0 Å². The van der Waals surface area contributed by atoms with E-state index in [1.54, 1.807) is 5.48 Å². The normalized spacial score (nSPS) is 12.8. The molecule has 1 heterocycles. The second-order valence-electron chi connectivity index (χ2n) is 2.04. The molecule has 1 aromatic rings. The minimum Gasteiger partial charge on any atom is -0.375 e. The van der Waals surface area contributed by atoms with Gasteiger partial charge in [-0.25, -0.2) is 4.98 Å². The number of nitrogens with two attached hydrogens (primary N) is 1. The van der Waals surface area contributed by atoms with Gasteiger partial charge in [0, 0.05) is 5.38 Å². The van der Waals surface area contributed by atoms with Crippen molar-refractivity contribution in [1.29, 1.82) is 0 Å². The van der Waals surface area contributed by atoms with Gasteiger partial charge in [0.1, 0.15) is 0 Å². The number of hydroxylamine groups is 1. The van der Waals surface area contributed by atoms with E-state index < -0.39 is 11.9 Å². The molecule has 0 spiro atoms. The second-order valence-corrected chi connectivity index (χ2v) is 2.93. The Morgan fingerprint density at radius 2 is 2.58 bits per heavy atom. The molecule has 1 rings (SSSR count). The molecule has 1 radical (unpaired) electrons. The molecular weight excluding hydrogens is 180 g/mol. The van der Waals surface area contributed by atoms with Crippen molar-refractivity contribution in [3.8, 4) is 0 Å². The fourth-order valence-electron chi connectivity index (χ4n) is 0.692. The van der Waals surface area contributed by atoms with Gasteiger partial charge in [0.05, 0.1) is 5.69 Å². The molecule has 0 aliphatic heterocycles. The Morgan fingerprint density at radius 3 is 2.92 bits per heavy atom. The van der Waals surface area contributed by atoms with E-state index in [0.717, 1.165) is 11.3 Å². The lowest BCUT2D eigenvalue weighted by Gasteiger charge is -2.05. The first-order valence-corrected chi connectivity index (χ1v) is 3.89. The van der Waals surface area contributed by atoms with Crippen LogP contribution in [0.2, 0.25) is 0 Å². The maximum Gasteiger partial charge on any atom is 0.264 e. The highest BCUT2D eigenvalue weighted by molar-refractivity contribution is 7.13. The minimum absolute atomic E-state index is 0.264. The number of thiazole rings is 1.